The molecule has 0 aromatic heterocycles. The van der Waals surface area contributed by atoms with Gasteiger partial charge in [0.25, 0.3) is 5.92 Å². The minimum absolute atomic E-state index is 0. The molecule has 8 heteroatoms. The number of nitrogens with zero attached hydrogens (tertiary/aromatic N) is 2. The zero-order valence-corrected chi connectivity index (χ0v) is 14.6. The van der Waals surface area contributed by atoms with Crippen LogP contribution in [0.15, 0.2) is 0 Å². The number of alkyl halides is 2. The Balaban J connectivity index is 0.00000208. The molecule has 0 aromatic rings. The van der Waals surface area contributed by atoms with Gasteiger partial charge in [0.2, 0.25) is 11.8 Å². The van der Waals surface area contributed by atoms with Gasteiger partial charge in [-0.15, -0.1) is 12.4 Å². The van der Waals surface area contributed by atoms with E-state index < -0.39 is 24.9 Å². The number of hydrogen-bond acceptors (Lipinski definition) is 3. The number of rotatable bonds is 3. The molecule has 1 N–H and O–H groups in total. The molecule has 5 nitrogen and oxygen atoms in total. The minimum Gasteiger partial charge on any atom is -0.342 e. The molecule has 0 radical (unpaired) electrons. The molecule has 138 valence electrons. The average Bonchev–Trinajstić information content (AvgIpc) is 2.90. The van der Waals surface area contributed by atoms with Crippen molar-refractivity contribution >= 4 is 24.2 Å². The highest BCUT2D eigenvalue weighted by Gasteiger charge is 2.43. The molecule has 3 heterocycles. The maximum Gasteiger partial charge on any atom is 0.262 e. The van der Waals surface area contributed by atoms with E-state index in [0.717, 1.165) is 38.8 Å². The standard InChI is InChI=1S/C16H25F2N3O2.ClH/c17-16(18)9-13(19-11-16)15(23)20-7-4-12(5-8-20)10-21-6-2-1-3-14(21)22;/h12-13,19H,1-11H2;1H. The van der Waals surface area contributed by atoms with Gasteiger partial charge in [-0.3, -0.25) is 14.9 Å². The Morgan fingerprint density at radius 2 is 1.92 bits per heavy atom. The Hall–Kier alpha value is -0.950. The highest BCUT2D eigenvalue weighted by atomic mass is 35.5. The third-order valence-corrected chi connectivity index (χ3v) is 5.23. The summed E-state index contributed by atoms with van der Waals surface area (Å²) < 4.78 is 26.4. The predicted octanol–water partition coefficient (Wildman–Crippen LogP) is 1.66. The molecule has 0 spiro atoms. The van der Waals surface area contributed by atoms with Crippen molar-refractivity contribution in [1.29, 1.82) is 0 Å². The first-order valence-corrected chi connectivity index (χ1v) is 8.62. The number of amides is 2. The number of hydrogen-bond donors (Lipinski definition) is 1. The van der Waals surface area contributed by atoms with Gasteiger partial charge in [0.15, 0.2) is 0 Å². The van der Waals surface area contributed by atoms with Gasteiger partial charge in [-0.25, -0.2) is 8.78 Å². The van der Waals surface area contributed by atoms with Gasteiger partial charge in [-0.05, 0) is 31.6 Å². The van der Waals surface area contributed by atoms with Crippen LogP contribution in [0.5, 0.6) is 0 Å². The van der Waals surface area contributed by atoms with Crippen LogP contribution in [-0.2, 0) is 9.59 Å². The second kappa shape index (κ2) is 7.95. The highest BCUT2D eigenvalue weighted by molar-refractivity contribution is 5.85. The second-order valence-corrected chi connectivity index (χ2v) is 7.06. The number of carbonyl (C=O) groups excluding carboxylic acids is 2. The Morgan fingerprint density at radius 1 is 1.21 bits per heavy atom. The van der Waals surface area contributed by atoms with Crippen molar-refractivity contribution in [1.82, 2.24) is 15.1 Å². The van der Waals surface area contributed by atoms with E-state index in [1.807, 2.05) is 4.90 Å². The van der Waals surface area contributed by atoms with E-state index in [9.17, 15) is 18.4 Å². The van der Waals surface area contributed by atoms with Crippen molar-refractivity contribution in [3.8, 4) is 0 Å². The third kappa shape index (κ3) is 4.57. The van der Waals surface area contributed by atoms with Crippen molar-refractivity contribution in [2.75, 3.05) is 32.7 Å². The second-order valence-electron chi connectivity index (χ2n) is 7.06. The molecule has 0 aromatic carbocycles. The monoisotopic (exact) mass is 365 g/mol. The first kappa shape index (κ1) is 19.4. The summed E-state index contributed by atoms with van der Waals surface area (Å²) in [6.45, 7) is 2.43. The lowest BCUT2D eigenvalue weighted by Crippen LogP contribution is -2.48. The fourth-order valence-corrected chi connectivity index (χ4v) is 3.81. The summed E-state index contributed by atoms with van der Waals surface area (Å²) in [7, 11) is 0. The van der Waals surface area contributed by atoms with Crippen molar-refractivity contribution < 1.29 is 18.4 Å². The number of nitrogens with one attached hydrogen (secondary N) is 1. The maximum absolute atomic E-state index is 13.2. The van der Waals surface area contributed by atoms with Gasteiger partial charge in [0, 0.05) is 39.0 Å². The summed E-state index contributed by atoms with van der Waals surface area (Å²) in [4.78, 5) is 27.8. The topological polar surface area (TPSA) is 52.7 Å². The van der Waals surface area contributed by atoms with E-state index in [2.05, 4.69) is 5.32 Å². The molecule has 1 unspecified atom stereocenters. The molecule has 24 heavy (non-hydrogen) atoms. The number of carbonyl (C=O) groups is 2. The molecule has 0 bridgehead atoms. The molecular weight excluding hydrogens is 340 g/mol. The van der Waals surface area contributed by atoms with Crippen molar-refractivity contribution in [3.63, 3.8) is 0 Å². The molecule has 3 aliphatic rings. The van der Waals surface area contributed by atoms with Crippen LogP contribution in [-0.4, -0.2) is 66.3 Å². The lowest BCUT2D eigenvalue weighted by molar-refractivity contribution is -0.137. The summed E-state index contributed by atoms with van der Waals surface area (Å²) >= 11 is 0. The Morgan fingerprint density at radius 3 is 2.50 bits per heavy atom. The van der Waals surface area contributed by atoms with E-state index in [1.165, 1.54) is 0 Å². The van der Waals surface area contributed by atoms with E-state index in [4.69, 9.17) is 0 Å². The van der Waals surface area contributed by atoms with Crippen LogP contribution in [0, 0.1) is 5.92 Å². The number of piperidine rings is 2. The fraction of sp³-hybridized carbons (Fsp3) is 0.875. The average molecular weight is 366 g/mol. The van der Waals surface area contributed by atoms with E-state index in [0.29, 0.717) is 25.4 Å². The van der Waals surface area contributed by atoms with Crippen LogP contribution in [0.4, 0.5) is 8.78 Å². The van der Waals surface area contributed by atoms with Crippen LogP contribution in [0.25, 0.3) is 0 Å². The summed E-state index contributed by atoms with van der Waals surface area (Å²) in [6, 6.07) is -0.745. The van der Waals surface area contributed by atoms with Gasteiger partial charge in [0.1, 0.15) is 0 Å². The molecule has 0 saturated carbocycles. The van der Waals surface area contributed by atoms with Gasteiger partial charge < -0.3 is 9.80 Å². The smallest absolute Gasteiger partial charge is 0.262 e. The normalized spacial score (nSPS) is 27.9. The van der Waals surface area contributed by atoms with Crippen molar-refractivity contribution in [2.45, 2.75) is 50.5 Å². The Bertz CT molecular complexity index is 470. The van der Waals surface area contributed by atoms with Gasteiger partial charge in [0.05, 0.1) is 12.6 Å². The lowest BCUT2D eigenvalue weighted by Gasteiger charge is -2.37. The Labute approximate surface area is 147 Å². The number of likely N-dealkylation sites (tertiary alicyclic amines) is 2. The summed E-state index contributed by atoms with van der Waals surface area (Å²) in [5.41, 5.74) is 0. The van der Waals surface area contributed by atoms with Crippen molar-refractivity contribution in [2.24, 2.45) is 5.92 Å². The van der Waals surface area contributed by atoms with Crippen LogP contribution >= 0.6 is 12.4 Å². The third-order valence-electron chi connectivity index (χ3n) is 5.23. The minimum atomic E-state index is -2.77. The summed E-state index contributed by atoms with van der Waals surface area (Å²) in [5, 5.41) is 2.63. The fourth-order valence-electron chi connectivity index (χ4n) is 3.81. The first-order chi connectivity index (χ1) is 10.9. The van der Waals surface area contributed by atoms with Crippen LogP contribution in [0.1, 0.15) is 38.5 Å². The highest BCUT2D eigenvalue weighted by Crippen LogP contribution is 2.27. The van der Waals surface area contributed by atoms with Gasteiger partial charge >= 0.3 is 0 Å². The molecule has 0 aliphatic carbocycles. The molecule has 2 amide bonds. The molecule has 3 rings (SSSR count). The molecule has 1 atom stereocenters. The van der Waals surface area contributed by atoms with Crippen LogP contribution < -0.4 is 5.32 Å². The maximum atomic E-state index is 13.2. The van der Waals surface area contributed by atoms with E-state index in [-0.39, 0.29) is 24.2 Å². The van der Waals surface area contributed by atoms with E-state index >= 15 is 0 Å². The number of halogens is 3. The first-order valence-electron chi connectivity index (χ1n) is 8.62. The molecule has 3 saturated heterocycles. The van der Waals surface area contributed by atoms with Gasteiger partial charge in [-0.1, -0.05) is 0 Å². The van der Waals surface area contributed by atoms with Crippen LogP contribution in [0.2, 0.25) is 0 Å². The summed E-state index contributed by atoms with van der Waals surface area (Å²) in [6.07, 6.45) is 4.01. The quantitative estimate of drug-likeness (QED) is 0.827. The zero-order chi connectivity index (χ0) is 16.4. The SMILES string of the molecule is Cl.O=C1CCCCN1CC1CCN(C(=O)C2CC(F)(F)CN2)CC1. The molecule has 3 aliphatic heterocycles. The predicted molar refractivity (Wildman–Crippen MR) is 88.3 cm³/mol. The summed E-state index contributed by atoms with van der Waals surface area (Å²) in [5.74, 6) is -2.31. The zero-order valence-electron chi connectivity index (χ0n) is 13.8. The largest absolute Gasteiger partial charge is 0.342 e. The lowest BCUT2D eigenvalue weighted by atomic mass is 9.94. The molecular formula is C16H26ClF2N3O2. The van der Waals surface area contributed by atoms with Gasteiger partial charge in [-0.2, -0.15) is 0 Å². The molecule has 3 fully saturated rings. The van der Waals surface area contributed by atoms with Crippen molar-refractivity contribution in [3.05, 3.63) is 0 Å². The van der Waals surface area contributed by atoms with Crippen LogP contribution in [0.3, 0.4) is 0 Å². The van der Waals surface area contributed by atoms with E-state index in [1.54, 1.807) is 4.90 Å². The Kier molecular flexibility index (Phi) is 6.42.